The first-order chi connectivity index (χ1) is 16.2. The Morgan fingerprint density at radius 1 is 0.971 bits per heavy atom. The molecule has 4 aromatic rings. The molecule has 7 nitrogen and oxygen atoms in total. The van der Waals surface area contributed by atoms with Gasteiger partial charge in [-0.15, -0.1) is 0 Å². The molecule has 9 heteroatoms. The lowest BCUT2D eigenvalue weighted by Gasteiger charge is -2.13. The average Bonchev–Trinajstić information content (AvgIpc) is 3.22. The number of amides is 1. The van der Waals surface area contributed by atoms with E-state index in [1.54, 1.807) is 30.5 Å². The van der Waals surface area contributed by atoms with Crippen molar-refractivity contribution in [1.29, 1.82) is 0 Å². The van der Waals surface area contributed by atoms with E-state index in [1.807, 2.05) is 24.3 Å². The Morgan fingerprint density at radius 2 is 1.65 bits per heavy atom. The third kappa shape index (κ3) is 5.37. The van der Waals surface area contributed by atoms with Gasteiger partial charge in [-0.1, -0.05) is 34.1 Å². The summed E-state index contributed by atoms with van der Waals surface area (Å²) in [6.07, 6.45) is 1.80. The number of fused-ring (bicyclic) bond motifs is 1. The Balaban J connectivity index is 1.47. The standard InChI is InChI=1S/C25H21BrN2O5S/c26-19-7-5-16(6-8-19)24(29)28-20-9-11-21(12-10-20)34(32,33)15-18(25(30)31)13-17-14-27-23-4-2-1-3-22(17)23/h1-12,14,18,27H,13,15H2,(H,28,29)(H,30,31)/t18-/m1/s1. The van der Waals surface area contributed by atoms with Gasteiger partial charge in [-0.05, 0) is 66.6 Å². The van der Waals surface area contributed by atoms with E-state index in [-0.39, 0.29) is 17.2 Å². The van der Waals surface area contributed by atoms with E-state index < -0.39 is 27.5 Å². The van der Waals surface area contributed by atoms with Gasteiger partial charge in [0, 0.05) is 32.8 Å². The number of anilines is 1. The van der Waals surface area contributed by atoms with Crippen molar-refractivity contribution in [3.63, 3.8) is 0 Å². The predicted octanol–water partition coefficient (Wildman–Crippen LogP) is 4.90. The van der Waals surface area contributed by atoms with Crippen LogP contribution in [0, 0.1) is 5.92 Å². The van der Waals surface area contributed by atoms with Crippen molar-refractivity contribution in [3.05, 3.63) is 94.6 Å². The van der Waals surface area contributed by atoms with Crippen LogP contribution < -0.4 is 5.32 Å². The Bertz CT molecular complexity index is 1440. The molecule has 0 saturated heterocycles. The van der Waals surface area contributed by atoms with Crippen LogP contribution in [0.4, 0.5) is 5.69 Å². The first kappa shape index (κ1) is 23.7. The van der Waals surface area contributed by atoms with Gasteiger partial charge in [0.1, 0.15) is 0 Å². The van der Waals surface area contributed by atoms with Gasteiger partial charge in [0.15, 0.2) is 9.84 Å². The Kier molecular flexibility index (Phi) is 6.85. The molecule has 3 aromatic carbocycles. The number of carboxylic acid groups (broad SMARTS) is 1. The van der Waals surface area contributed by atoms with Gasteiger partial charge in [0.2, 0.25) is 0 Å². The highest BCUT2D eigenvalue weighted by molar-refractivity contribution is 9.10. The molecule has 174 valence electrons. The number of carbonyl (C=O) groups excluding carboxylic acids is 1. The lowest BCUT2D eigenvalue weighted by atomic mass is 10.0. The van der Waals surface area contributed by atoms with Crippen LogP contribution in [0.5, 0.6) is 0 Å². The number of H-pyrrole nitrogens is 1. The summed E-state index contributed by atoms with van der Waals surface area (Å²) in [6, 6.07) is 20.0. The van der Waals surface area contributed by atoms with Gasteiger partial charge in [-0.3, -0.25) is 9.59 Å². The smallest absolute Gasteiger partial charge is 0.307 e. The molecule has 0 aliphatic rings. The maximum Gasteiger partial charge on any atom is 0.307 e. The SMILES string of the molecule is O=C(Nc1ccc(S(=O)(=O)C[C@@H](Cc2c[nH]c3ccccc23)C(=O)O)cc1)c1ccc(Br)cc1. The first-order valence-electron chi connectivity index (χ1n) is 10.4. The van der Waals surface area contributed by atoms with Crippen LogP contribution in [-0.4, -0.2) is 36.1 Å². The van der Waals surface area contributed by atoms with E-state index in [0.717, 1.165) is 20.9 Å². The maximum atomic E-state index is 13.0. The van der Waals surface area contributed by atoms with Gasteiger partial charge in [-0.25, -0.2) is 8.42 Å². The summed E-state index contributed by atoms with van der Waals surface area (Å²) in [5.74, 6) is -3.15. The second-order valence-electron chi connectivity index (χ2n) is 7.87. The number of sulfone groups is 1. The molecule has 1 aromatic heterocycles. The Hall–Kier alpha value is -3.43. The van der Waals surface area contributed by atoms with Crippen LogP contribution >= 0.6 is 15.9 Å². The molecule has 0 bridgehead atoms. The monoisotopic (exact) mass is 540 g/mol. The number of aliphatic carboxylic acids is 1. The predicted molar refractivity (Wildman–Crippen MR) is 134 cm³/mol. The molecule has 1 heterocycles. The molecule has 0 aliphatic heterocycles. The van der Waals surface area contributed by atoms with Gasteiger partial charge >= 0.3 is 5.97 Å². The molecule has 0 fully saturated rings. The fourth-order valence-corrected chi connectivity index (χ4v) is 5.49. The fraction of sp³-hybridized carbons (Fsp3) is 0.120. The third-order valence-corrected chi connectivity index (χ3v) is 7.85. The molecule has 0 unspecified atom stereocenters. The molecule has 34 heavy (non-hydrogen) atoms. The summed E-state index contributed by atoms with van der Waals surface area (Å²) < 4.78 is 26.8. The van der Waals surface area contributed by atoms with Crippen molar-refractivity contribution < 1.29 is 23.1 Å². The number of benzene rings is 3. The van der Waals surface area contributed by atoms with Crippen LogP contribution in [0.1, 0.15) is 15.9 Å². The van der Waals surface area contributed by atoms with Crippen LogP contribution in [0.25, 0.3) is 10.9 Å². The van der Waals surface area contributed by atoms with E-state index in [0.29, 0.717) is 11.3 Å². The second-order valence-corrected chi connectivity index (χ2v) is 10.8. The second kappa shape index (κ2) is 9.82. The normalized spacial score (nSPS) is 12.4. The number of aromatic amines is 1. The number of hydrogen-bond donors (Lipinski definition) is 3. The van der Waals surface area contributed by atoms with Crippen LogP contribution in [0.3, 0.4) is 0 Å². The van der Waals surface area contributed by atoms with Crippen LogP contribution in [0.15, 0.2) is 88.4 Å². The molecule has 0 saturated carbocycles. The van der Waals surface area contributed by atoms with E-state index in [2.05, 4.69) is 26.2 Å². The molecular formula is C25H21BrN2O5S. The molecule has 0 aliphatic carbocycles. The fourth-order valence-electron chi connectivity index (χ4n) is 3.69. The number of aromatic nitrogens is 1. The molecule has 0 radical (unpaired) electrons. The van der Waals surface area contributed by atoms with Gasteiger partial charge in [-0.2, -0.15) is 0 Å². The summed E-state index contributed by atoms with van der Waals surface area (Å²) in [6.45, 7) is 0. The summed E-state index contributed by atoms with van der Waals surface area (Å²) in [5, 5.41) is 13.3. The van der Waals surface area contributed by atoms with Gasteiger partial charge in [0.25, 0.3) is 5.91 Å². The number of para-hydroxylation sites is 1. The molecule has 1 amide bonds. The number of carbonyl (C=O) groups is 2. The number of rotatable bonds is 8. The maximum absolute atomic E-state index is 13.0. The Morgan fingerprint density at radius 3 is 2.32 bits per heavy atom. The minimum atomic E-state index is -3.87. The zero-order valence-electron chi connectivity index (χ0n) is 17.9. The average molecular weight is 541 g/mol. The Labute approximate surface area is 204 Å². The molecule has 1 atom stereocenters. The molecular weight excluding hydrogens is 520 g/mol. The quantitative estimate of drug-likeness (QED) is 0.294. The summed E-state index contributed by atoms with van der Waals surface area (Å²) >= 11 is 3.31. The number of nitrogens with one attached hydrogen (secondary N) is 2. The zero-order chi connectivity index (χ0) is 24.3. The van der Waals surface area contributed by atoms with Crippen molar-refractivity contribution in [3.8, 4) is 0 Å². The largest absolute Gasteiger partial charge is 0.481 e. The van der Waals surface area contributed by atoms with Crippen molar-refractivity contribution in [2.24, 2.45) is 5.92 Å². The molecule has 3 N–H and O–H groups in total. The van der Waals surface area contributed by atoms with Crippen molar-refractivity contribution in [2.45, 2.75) is 11.3 Å². The summed E-state index contributed by atoms with van der Waals surface area (Å²) in [4.78, 5) is 27.3. The highest BCUT2D eigenvalue weighted by atomic mass is 79.9. The van der Waals surface area contributed by atoms with E-state index in [9.17, 15) is 23.1 Å². The van der Waals surface area contributed by atoms with Gasteiger partial charge in [0.05, 0.1) is 16.6 Å². The summed E-state index contributed by atoms with van der Waals surface area (Å²) in [7, 11) is -3.87. The third-order valence-electron chi connectivity index (χ3n) is 5.49. The van der Waals surface area contributed by atoms with Crippen molar-refractivity contribution >= 4 is 54.2 Å². The van der Waals surface area contributed by atoms with E-state index >= 15 is 0 Å². The molecule has 0 spiro atoms. The highest BCUT2D eigenvalue weighted by Gasteiger charge is 2.28. The lowest BCUT2D eigenvalue weighted by Crippen LogP contribution is -2.26. The highest BCUT2D eigenvalue weighted by Crippen LogP contribution is 2.24. The zero-order valence-corrected chi connectivity index (χ0v) is 20.3. The minimum Gasteiger partial charge on any atom is -0.481 e. The van der Waals surface area contributed by atoms with E-state index in [4.69, 9.17) is 0 Å². The summed E-state index contributed by atoms with van der Waals surface area (Å²) in [5.41, 5.74) is 2.51. The number of hydrogen-bond acceptors (Lipinski definition) is 4. The van der Waals surface area contributed by atoms with Crippen molar-refractivity contribution in [1.82, 2.24) is 4.98 Å². The van der Waals surface area contributed by atoms with Crippen LogP contribution in [0.2, 0.25) is 0 Å². The number of halogens is 1. The molecule has 4 rings (SSSR count). The topological polar surface area (TPSA) is 116 Å². The van der Waals surface area contributed by atoms with Gasteiger partial charge < -0.3 is 15.4 Å². The van der Waals surface area contributed by atoms with Crippen LogP contribution in [-0.2, 0) is 21.1 Å². The van der Waals surface area contributed by atoms with Crippen molar-refractivity contribution in [2.75, 3.05) is 11.1 Å². The lowest BCUT2D eigenvalue weighted by molar-refractivity contribution is -0.140. The first-order valence-corrected chi connectivity index (χ1v) is 12.8. The minimum absolute atomic E-state index is 0.000632. The number of carboxylic acids is 1. The van der Waals surface area contributed by atoms with E-state index in [1.165, 1.54) is 24.3 Å².